The normalized spacial score (nSPS) is 10.5. The second-order valence-corrected chi connectivity index (χ2v) is 7.71. The smallest absolute Gasteiger partial charge is 0.433 e. The summed E-state index contributed by atoms with van der Waals surface area (Å²) in [6, 6.07) is 6.25. The van der Waals surface area contributed by atoms with E-state index in [2.05, 4.69) is 5.92 Å². The molecule has 1 aromatic heterocycles. The Kier molecular flexibility index (Phi) is 8.41. The first-order valence-corrected chi connectivity index (χ1v) is 10.2. The molecule has 8 heteroatoms. The zero-order chi connectivity index (χ0) is 18.8. The van der Waals surface area contributed by atoms with Gasteiger partial charge in [-0.2, -0.15) is 0 Å². The molecule has 0 bridgehead atoms. The van der Waals surface area contributed by atoms with E-state index in [0.29, 0.717) is 24.5 Å². The number of hydrogen-bond donors (Lipinski definition) is 0. The van der Waals surface area contributed by atoms with E-state index in [1.165, 1.54) is 12.1 Å². The fraction of sp³-hybridized carbons (Fsp3) is 0.333. The van der Waals surface area contributed by atoms with Crippen molar-refractivity contribution in [2.75, 3.05) is 31.3 Å². The maximum Gasteiger partial charge on any atom is 0.513 e. The van der Waals surface area contributed by atoms with Crippen molar-refractivity contribution in [3.63, 3.8) is 0 Å². The number of hydrogen-bond acceptors (Lipinski definition) is 8. The van der Waals surface area contributed by atoms with Crippen LogP contribution in [-0.2, 0) is 9.47 Å². The number of carbonyl (C=O) groups excluding carboxylic acids is 1. The lowest BCUT2D eigenvalue weighted by Gasteiger charge is -2.07. The van der Waals surface area contributed by atoms with Crippen LogP contribution in [0.3, 0.4) is 0 Å². The first kappa shape index (κ1) is 20.2. The average molecular weight is 394 g/mol. The molecule has 0 saturated carbocycles. The van der Waals surface area contributed by atoms with Crippen molar-refractivity contribution < 1.29 is 23.4 Å². The van der Waals surface area contributed by atoms with Crippen LogP contribution in [0, 0.1) is 19.3 Å². The predicted molar refractivity (Wildman–Crippen MR) is 104 cm³/mol. The van der Waals surface area contributed by atoms with Crippen molar-refractivity contribution in [3.8, 4) is 18.1 Å². The van der Waals surface area contributed by atoms with E-state index >= 15 is 0 Å². The standard InChI is InChI=1S/C18H18O6S2/c1-3-6-21-7-9-25-26-10-8-22-18(20)23-14-4-5-15-13(2)11-17(19)24-16(15)12-14/h1,4-5,11-12H,6-10H2,2H3. The minimum Gasteiger partial charge on any atom is -0.433 e. The molecular formula is C18H18O6S2. The van der Waals surface area contributed by atoms with Gasteiger partial charge in [0.2, 0.25) is 0 Å². The van der Waals surface area contributed by atoms with Crippen LogP contribution in [0.25, 0.3) is 11.0 Å². The molecular weight excluding hydrogens is 376 g/mol. The number of benzene rings is 1. The lowest BCUT2D eigenvalue weighted by atomic mass is 10.1. The molecule has 0 atom stereocenters. The first-order valence-electron chi connectivity index (χ1n) is 7.75. The summed E-state index contributed by atoms with van der Waals surface area (Å²) < 4.78 is 20.3. The van der Waals surface area contributed by atoms with E-state index in [1.54, 1.807) is 33.7 Å². The Morgan fingerprint density at radius 2 is 2.00 bits per heavy atom. The summed E-state index contributed by atoms with van der Waals surface area (Å²) >= 11 is 0. The van der Waals surface area contributed by atoms with Crippen LogP contribution in [0.4, 0.5) is 4.79 Å². The van der Waals surface area contributed by atoms with Crippen molar-refractivity contribution in [1.82, 2.24) is 0 Å². The van der Waals surface area contributed by atoms with Crippen LogP contribution < -0.4 is 10.4 Å². The predicted octanol–water partition coefficient (Wildman–Crippen LogP) is 3.65. The van der Waals surface area contributed by atoms with E-state index in [4.69, 9.17) is 25.1 Å². The second-order valence-electron chi connectivity index (χ2n) is 5.01. The molecule has 0 spiro atoms. The van der Waals surface area contributed by atoms with Crippen molar-refractivity contribution in [1.29, 1.82) is 0 Å². The van der Waals surface area contributed by atoms with Gasteiger partial charge in [0.1, 0.15) is 24.5 Å². The number of carbonyl (C=O) groups is 1. The Bertz CT molecular complexity index is 840. The van der Waals surface area contributed by atoms with Crippen LogP contribution in [0.5, 0.6) is 5.75 Å². The van der Waals surface area contributed by atoms with Crippen LogP contribution in [0.1, 0.15) is 5.56 Å². The fourth-order valence-electron chi connectivity index (χ4n) is 2.00. The fourth-order valence-corrected chi connectivity index (χ4v) is 3.68. The Hall–Kier alpha value is -2.08. The van der Waals surface area contributed by atoms with E-state index in [-0.39, 0.29) is 12.4 Å². The van der Waals surface area contributed by atoms with Crippen molar-refractivity contribution in [2.24, 2.45) is 0 Å². The van der Waals surface area contributed by atoms with Crippen molar-refractivity contribution in [2.45, 2.75) is 6.92 Å². The Morgan fingerprint density at radius 3 is 2.77 bits per heavy atom. The number of rotatable bonds is 9. The van der Waals surface area contributed by atoms with Crippen LogP contribution in [-0.4, -0.2) is 37.5 Å². The molecule has 0 aliphatic rings. The molecule has 26 heavy (non-hydrogen) atoms. The highest BCUT2D eigenvalue weighted by Crippen LogP contribution is 2.23. The zero-order valence-corrected chi connectivity index (χ0v) is 15.8. The molecule has 138 valence electrons. The maximum absolute atomic E-state index is 11.7. The largest absolute Gasteiger partial charge is 0.513 e. The Morgan fingerprint density at radius 1 is 1.23 bits per heavy atom. The van der Waals surface area contributed by atoms with Gasteiger partial charge < -0.3 is 18.6 Å². The molecule has 0 amide bonds. The molecule has 0 radical (unpaired) electrons. The lowest BCUT2D eigenvalue weighted by Crippen LogP contribution is -2.12. The highest BCUT2D eigenvalue weighted by molar-refractivity contribution is 8.76. The first-order chi connectivity index (χ1) is 12.6. The molecule has 6 nitrogen and oxygen atoms in total. The Labute approximate surface area is 159 Å². The summed E-state index contributed by atoms with van der Waals surface area (Å²) in [6.07, 6.45) is 4.26. The maximum atomic E-state index is 11.7. The molecule has 0 unspecified atom stereocenters. The van der Waals surface area contributed by atoms with Gasteiger partial charge in [-0.1, -0.05) is 27.5 Å². The molecule has 2 aromatic rings. The van der Waals surface area contributed by atoms with Gasteiger partial charge in [-0.15, -0.1) is 6.42 Å². The summed E-state index contributed by atoms with van der Waals surface area (Å²) in [5.74, 6) is 4.08. The molecule has 2 rings (SSSR count). The summed E-state index contributed by atoms with van der Waals surface area (Å²) in [6.45, 7) is 2.94. The van der Waals surface area contributed by atoms with Crippen LogP contribution >= 0.6 is 21.6 Å². The third kappa shape index (κ3) is 6.67. The van der Waals surface area contributed by atoms with Gasteiger partial charge in [-0.05, 0) is 24.6 Å². The number of aryl methyl sites for hydroxylation is 1. The third-order valence-corrected chi connectivity index (χ3v) is 5.42. The topological polar surface area (TPSA) is 75.0 Å². The van der Waals surface area contributed by atoms with Gasteiger partial charge in [0.05, 0.1) is 6.61 Å². The van der Waals surface area contributed by atoms with Gasteiger partial charge in [0, 0.05) is 29.0 Å². The minimum absolute atomic E-state index is 0.226. The molecule has 1 aromatic carbocycles. The Balaban J connectivity index is 1.70. The zero-order valence-electron chi connectivity index (χ0n) is 14.2. The lowest BCUT2D eigenvalue weighted by molar-refractivity contribution is 0.105. The van der Waals surface area contributed by atoms with Crippen molar-refractivity contribution >= 4 is 38.7 Å². The summed E-state index contributed by atoms with van der Waals surface area (Å²) in [4.78, 5) is 23.1. The van der Waals surface area contributed by atoms with E-state index in [0.717, 1.165) is 16.7 Å². The van der Waals surface area contributed by atoms with Gasteiger partial charge in [0.15, 0.2) is 0 Å². The van der Waals surface area contributed by atoms with Gasteiger partial charge in [-0.25, -0.2) is 9.59 Å². The third-order valence-electron chi connectivity index (χ3n) is 3.09. The van der Waals surface area contributed by atoms with Crippen molar-refractivity contribution in [3.05, 3.63) is 40.2 Å². The number of fused-ring (bicyclic) bond motifs is 1. The van der Waals surface area contributed by atoms with Crippen LogP contribution in [0.15, 0.2) is 33.5 Å². The quantitative estimate of drug-likeness (QED) is 0.159. The monoisotopic (exact) mass is 394 g/mol. The van der Waals surface area contributed by atoms with Gasteiger partial charge >= 0.3 is 11.8 Å². The van der Waals surface area contributed by atoms with E-state index in [9.17, 15) is 9.59 Å². The molecule has 0 N–H and O–H groups in total. The highest BCUT2D eigenvalue weighted by Gasteiger charge is 2.09. The highest BCUT2D eigenvalue weighted by atomic mass is 33.1. The molecule has 0 aliphatic carbocycles. The number of terminal acetylenes is 1. The summed E-state index contributed by atoms with van der Waals surface area (Å²) in [7, 11) is 3.18. The molecule has 0 fully saturated rings. The number of ether oxygens (including phenoxy) is 3. The SMILES string of the molecule is C#CCOCCSSCCOC(=O)Oc1ccc2c(C)cc(=O)oc2c1. The second kappa shape index (κ2) is 10.8. The minimum atomic E-state index is -0.803. The summed E-state index contributed by atoms with van der Waals surface area (Å²) in [5, 5.41) is 0.782. The molecule has 0 saturated heterocycles. The van der Waals surface area contributed by atoms with E-state index < -0.39 is 11.8 Å². The molecule has 0 aliphatic heterocycles. The van der Waals surface area contributed by atoms with Gasteiger partial charge in [0.25, 0.3) is 0 Å². The van der Waals surface area contributed by atoms with E-state index in [1.807, 2.05) is 6.92 Å². The van der Waals surface area contributed by atoms with Gasteiger partial charge in [-0.3, -0.25) is 0 Å². The molecule has 1 heterocycles. The van der Waals surface area contributed by atoms with Crippen LogP contribution in [0.2, 0.25) is 0 Å². The average Bonchev–Trinajstić information content (AvgIpc) is 2.60. The summed E-state index contributed by atoms with van der Waals surface area (Å²) in [5.41, 5.74) is 0.706.